The van der Waals surface area contributed by atoms with Crippen molar-refractivity contribution in [3.63, 3.8) is 0 Å². The number of aryl methyl sites for hydroxylation is 3. The Labute approximate surface area is 101 Å². The van der Waals surface area contributed by atoms with E-state index in [-0.39, 0.29) is 0 Å². The minimum absolute atomic E-state index is 0.383. The van der Waals surface area contributed by atoms with E-state index in [1.165, 1.54) is 4.90 Å². The molecule has 0 bridgehead atoms. The fourth-order valence-electron chi connectivity index (χ4n) is 1.75. The summed E-state index contributed by atoms with van der Waals surface area (Å²) in [6, 6.07) is -0.477. The lowest BCUT2D eigenvalue weighted by molar-refractivity contribution is 0.206. The zero-order chi connectivity index (χ0) is 13.0. The van der Waals surface area contributed by atoms with Crippen LogP contribution in [0.2, 0.25) is 0 Å². The van der Waals surface area contributed by atoms with E-state index < -0.39 is 6.03 Å². The third-order valence-electron chi connectivity index (χ3n) is 2.59. The van der Waals surface area contributed by atoms with Gasteiger partial charge in [0.15, 0.2) is 0 Å². The van der Waals surface area contributed by atoms with E-state index in [2.05, 4.69) is 9.97 Å². The number of carbonyl (C=O) groups is 1. The maximum absolute atomic E-state index is 11.2. The summed E-state index contributed by atoms with van der Waals surface area (Å²) in [5, 5.41) is 0. The summed E-state index contributed by atoms with van der Waals surface area (Å²) in [5.41, 5.74) is 13.4. The molecule has 0 unspecified atom stereocenters. The number of amides is 2. The van der Waals surface area contributed by atoms with Gasteiger partial charge in [-0.05, 0) is 20.8 Å². The van der Waals surface area contributed by atoms with E-state index in [1.54, 1.807) is 0 Å². The molecule has 0 aliphatic heterocycles. The first-order valence-electron chi connectivity index (χ1n) is 5.51. The maximum atomic E-state index is 11.2. The van der Waals surface area contributed by atoms with Crippen molar-refractivity contribution in [2.45, 2.75) is 27.3 Å². The van der Waals surface area contributed by atoms with E-state index in [1.807, 2.05) is 20.8 Å². The van der Waals surface area contributed by atoms with Crippen molar-refractivity contribution < 1.29 is 4.79 Å². The van der Waals surface area contributed by atoms with Gasteiger partial charge in [-0.25, -0.2) is 14.8 Å². The molecule has 1 aromatic heterocycles. The summed E-state index contributed by atoms with van der Waals surface area (Å²) in [6.45, 7) is 6.87. The normalized spacial score (nSPS) is 10.4. The molecular formula is C11H19N5O. The predicted octanol–water partition coefficient (Wildman–Crippen LogP) is 0.241. The van der Waals surface area contributed by atoms with Crippen LogP contribution in [-0.4, -0.2) is 34.0 Å². The van der Waals surface area contributed by atoms with Gasteiger partial charge in [0.25, 0.3) is 0 Å². The van der Waals surface area contributed by atoms with Gasteiger partial charge in [0.05, 0.1) is 6.54 Å². The molecule has 1 heterocycles. The number of rotatable bonds is 4. The molecule has 0 aliphatic rings. The Morgan fingerprint density at radius 3 is 2.18 bits per heavy atom. The molecule has 0 aromatic carbocycles. The van der Waals surface area contributed by atoms with Crippen LogP contribution < -0.4 is 11.5 Å². The van der Waals surface area contributed by atoms with Gasteiger partial charge in [-0.15, -0.1) is 0 Å². The molecule has 0 radical (unpaired) electrons. The van der Waals surface area contributed by atoms with Crippen molar-refractivity contribution in [3.8, 4) is 0 Å². The fourth-order valence-corrected chi connectivity index (χ4v) is 1.75. The zero-order valence-electron chi connectivity index (χ0n) is 10.5. The van der Waals surface area contributed by atoms with Crippen LogP contribution in [0.1, 0.15) is 22.8 Å². The van der Waals surface area contributed by atoms with Crippen molar-refractivity contribution in [3.05, 3.63) is 22.8 Å². The van der Waals surface area contributed by atoms with Crippen LogP contribution in [0.5, 0.6) is 0 Å². The summed E-state index contributed by atoms with van der Waals surface area (Å²) in [5.74, 6) is 0.730. The summed E-state index contributed by atoms with van der Waals surface area (Å²) in [6.07, 6.45) is 0. The maximum Gasteiger partial charge on any atom is 0.315 e. The average molecular weight is 237 g/mol. The van der Waals surface area contributed by atoms with Gasteiger partial charge in [0.1, 0.15) is 5.82 Å². The first-order valence-corrected chi connectivity index (χ1v) is 5.51. The van der Waals surface area contributed by atoms with Crippen LogP contribution in [0, 0.1) is 20.8 Å². The Kier molecular flexibility index (Phi) is 4.39. The van der Waals surface area contributed by atoms with Gasteiger partial charge in [-0.2, -0.15) is 0 Å². The third kappa shape index (κ3) is 3.39. The standard InChI is InChI=1S/C11H19N5O/c1-7-10(8(2)15-9(3)14-7)6-16(5-4-12)11(13)17/h4-6,12H2,1-3H3,(H2,13,17). The average Bonchev–Trinajstić information content (AvgIpc) is 2.21. The molecule has 94 valence electrons. The zero-order valence-corrected chi connectivity index (χ0v) is 10.5. The molecule has 0 aliphatic carbocycles. The Hall–Kier alpha value is -1.69. The predicted molar refractivity (Wildman–Crippen MR) is 65.3 cm³/mol. The largest absolute Gasteiger partial charge is 0.351 e. The topological polar surface area (TPSA) is 98.1 Å². The van der Waals surface area contributed by atoms with Crippen LogP contribution in [0.15, 0.2) is 0 Å². The SMILES string of the molecule is Cc1nc(C)c(CN(CCN)C(N)=O)c(C)n1. The number of nitrogens with zero attached hydrogens (tertiary/aromatic N) is 3. The highest BCUT2D eigenvalue weighted by Gasteiger charge is 2.14. The molecule has 17 heavy (non-hydrogen) atoms. The van der Waals surface area contributed by atoms with Crippen molar-refractivity contribution in [1.82, 2.24) is 14.9 Å². The molecule has 1 rings (SSSR count). The second-order valence-corrected chi connectivity index (χ2v) is 3.97. The highest BCUT2D eigenvalue weighted by atomic mass is 16.2. The number of nitrogens with two attached hydrogens (primary N) is 2. The molecule has 0 atom stereocenters. The van der Waals surface area contributed by atoms with Crippen LogP contribution in [0.25, 0.3) is 0 Å². The van der Waals surface area contributed by atoms with E-state index in [0.29, 0.717) is 19.6 Å². The Balaban J connectivity index is 2.97. The van der Waals surface area contributed by atoms with Crippen molar-refractivity contribution in [1.29, 1.82) is 0 Å². The molecule has 2 amide bonds. The number of primary amides is 1. The quantitative estimate of drug-likeness (QED) is 0.783. The van der Waals surface area contributed by atoms with E-state index in [4.69, 9.17) is 11.5 Å². The highest BCUT2D eigenvalue weighted by Crippen LogP contribution is 2.12. The summed E-state index contributed by atoms with van der Waals surface area (Å²) in [7, 11) is 0. The van der Waals surface area contributed by atoms with Gasteiger partial charge < -0.3 is 16.4 Å². The number of aromatic nitrogens is 2. The molecule has 6 nitrogen and oxygen atoms in total. The number of carbonyl (C=O) groups excluding carboxylic acids is 1. The summed E-state index contributed by atoms with van der Waals surface area (Å²) >= 11 is 0. The van der Waals surface area contributed by atoms with E-state index >= 15 is 0 Å². The van der Waals surface area contributed by atoms with Gasteiger partial charge in [0, 0.05) is 30.0 Å². The molecular weight excluding hydrogens is 218 g/mol. The van der Waals surface area contributed by atoms with Crippen molar-refractivity contribution in [2.24, 2.45) is 11.5 Å². The lowest BCUT2D eigenvalue weighted by Crippen LogP contribution is -2.39. The molecule has 4 N–H and O–H groups in total. The second-order valence-electron chi connectivity index (χ2n) is 3.97. The van der Waals surface area contributed by atoms with E-state index in [0.717, 1.165) is 22.8 Å². The monoisotopic (exact) mass is 237 g/mol. The van der Waals surface area contributed by atoms with Gasteiger partial charge in [0.2, 0.25) is 0 Å². The summed E-state index contributed by atoms with van der Waals surface area (Å²) in [4.78, 5) is 21.3. The fraction of sp³-hybridized carbons (Fsp3) is 0.545. The minimum atomic E-state index is -0.477. The first-order chi connectivity index (χ1) is 7.95. The Morgan fingerprint density at radius 1 is 1.24 bits per heavy atom. The van der Waals surface area contributed by atoms with Gasteiger partial charge in [-0.3, -0.25) is 0 Å². The molecule has 6 heteroatoms. The first kappa shape index (κ1) is 13.4. The van der Waals surface area contributed by atoms with Crippen molar-refractivity contribution >= 4 is 6.03 Å². The molecule has 0 spiro atoms. The van der Waals surface area contributed by atoms with Crippen LogP contribution in [-0.2, 0) is 6.54 Å². The van der Waals surface area contributed by atoms with Crippen LogP contribution >= 0.6 is 0 Å². The third-order valence-corrected chi connectivity index (χ3v) is 2.59. The van der Waals surface area contributed by atoms with Crippen LogP contribution in [0.3, 0.4) is 0 Å². The molecule has 1 aromatic rings. The van der Waals surface area contributed by atoms with Crippen molar-refractivity contribution in [2.75, 3.05) is 13.1 Å². The lowest BCUT2D eigenvalue weighted by Gasteiger charge is -2.21. The lowest BCUT2D eigenvalue weighted by atomic mass is 10.1. The Morgan fingerprint density at radius 2 is 1.76 bits per heavy atom. The number of hydrogen-bond acceptors (Lipinski definition) is 4. The number of urea groups is 1. The Bertz CT molecular complexity index is 395. The minimum Gasteiger partial charge on any atom is -0.351 e. The smallest absolute Gasteiger partial charge is 0.315 e. The van der Waals surface area contributed by atoms with Crippen LogP contribution in [0.4, 0.5) is 4.79 Å². The molecule has 0 fully saturated rings. The van der Waals surface area contributed by atoms with Gasteiger partial charge >= 0.3 is 6.03 Å². The van der Waals surface area contributed by atoms with E-state index in [9.17, 15) is 4.79 Å². The molecule has 0 saturated carbocycles. The second kappa shape index (κ2) is 5.58. The summed E-state index contributed by atoms with van der Waals surface area (Å²) < 4.78 is 0. The highest BCUT2D eigenvalue weighted by molar-refractivity contribution is 5.72. The van der Waals surface area contributed by atoms with Gasteiger partial charge in [-0.1, -0.05) is 0 Å². The number of hydrogen-bond donors (Lipinski definition) is 2. The molecule has 0 saturated heterocycles.